The summed E-state index contributed by atoms with van der Waals surface area (Å²) in [6.45, 7) is 0.713. The van der Waals surface area contributed by atoms with Gasteiger partial charge in [-0.05, 0) is 24.1 Å². The van der Waals surface area contributed by atoms with Gasteiger partial charge in [0.2, 0.25) is 0 Å². The molecule has 0 fully saturated rings. The van der Waals surface area contributed by atoms with Gasteiger partial charge in [0.1, 0.15) is 5.84 Å². The van der Waals surface area contributed by atoms with E-state index in [1.54, 1.807) is 7.05 Å². The molecule has 0 saturated heterocycles. The molecule has 0 spiro atoms. The Kier molecular flexibility index (Phi) is 2.94. The molecule has 1 aliphatic rings. The average Bonchev–Trinajstić information content (AvgIpc) is 2.96. The highest BCUT2D eigenvalue weighted by Gasteiger charge is 2.16. The summed E-state index contributed by atoms with van der Waals surface area (Å²) >= 11 is 0. The quantitative estimate of drug-likeness (QED) is 0.795. The lowest BCUT2D eigenvalue weighted by atomic mass is 10.0. The van der Waals surface area contributed by atoms with Crippen molar-refractivity contribution in [3.8, 4) is 5.69 Å². The van der Waals surface area contributed by atoms with Crippen LogP contribution in [0.4, 0.5) is 0 Å². The van der Waals surface area contributed by atoms with Crippen LogP contribution in [0, 0.1) is 0 Å². The zero-order chi connectivity index (χ0) is 14.1. The number of amidine groups is 1. The normalized spacial score (nSPS) is 13.6. The second-order valence-electron chi connectivity index (χ2n) is 4.47. The van der Waals surface area contributed by atoms with E-state index in [9.17, 15) is 4.79 Å². The first-order valence-electron chi connectivity index (χ1n) is 6.27. The van der Waals surface area contributed by atoms with Crippen LogP contribution in [0.25, 0.3) is 5.69 Å². The van der Waals surface area contributed by atoms with E-state index in [0.29, 0.717) is 18.1 Å². The van der Waals surface area contributed by atoms with Gasteiger partial charge in [0.25, 0.3) is 5.91 Å². The number of benzene rings is 1. The number of aliphatic imine (C=N–C) groups is 1. The van der Waals surface area contributed by atoms with E-state index in [-0.39, 0.29) is 5.91 Å². The molecule has 1 amide bonds. The molecule has 3 N–H and O–H groups in total. The summed E-state index contributed by atoms with van der Waals surface area (Å²) in [5, 5.41) is 10.3. The van der Waals surface area contributed by atoms with E-state index in [1.165, 1.54) is 10.9 Å². The Labute approximate surface area is 115 Å². The number of fused-ring (bicyclic) bond motifs is 1. The summed E-state index contributed by atoms with van der Waals surface area (Å²) in [7, 11) is 1.57. The van der Waals surface area contributed by atoms with Crippen LogP contribution in [0.3, 0.4) is 0 Å². The Bertz CT molecular complexity index is 703. The Hall–Kier alpha value is -2.70. The smallest absolute Gasteiger partial charge is 0.271 e. The third-order valence-electron chi connectivity index (χ3n) is 3.29. The number of hydrogen-bond donors (Lipinski definition) is 2. The molecule has 0 unspecified atom stereocenters. The van der Waals surface area contributed by atoms with Gasteiger partial charge < -0.3 is 11.1 Å². The van der Waals surface area contributed by atoms with E-state index < -0.39 is 0 Å². The topological polar surface area (TPSA) is 98.2 Å². The minimum absolute atomic E-state index is 0.241. The van der Waals surface area contributed by atoms with Crippen molar-refractivity contribution in [3.05, 3.63) is 41.2 Å². The summed E-state index contributed by atoms with van der Waals surface area (Å²) < 4.78 is 1.49. The van der Waals surface area contributed by atoms with Gasteiger partial charge in [-0.2, -0.15) is 0 Å². The van der Waals surface area contributed by atoms with Crippen molar-refractivity contribution in [2.24, 2.45) is 10.7 Å². The highest BCUT2D eigenvalue weighted by atomic mass is 16.2. The highest BCUT2D eigenvalue weighted by molar-refractivity contribution is 6.00. The van der Waals surface area contributed by atoms with Crippen LogP contribution >= 0.6 is 0 Å². The van der Waals surface area contributed by atoms with Gasteiger partial charge in [-0.3, -0.25) is 9.79 Å². The van der Waals surface area contributed by atoms with E-state index in [2.05, 4.69) is 20.6 Å². The van der Waals surface area contributed by atoms with Crippen molar-refractivity contribution < 1.29 is 4.79 Å². The predicted octanol–water partition coefficient (Wildman–Crippen LogP) is -0.112. The second kappa shape index (κ2) is 4.76. The van der Waals surface area contributed by atoms with Gasteiger partial charge in [-0.1, -0.05) is 11.3 Å². The molecule has 0 atom stereocenters. The Morgan fingerprint density at radius 2 is 2.30 bits per heavy atom. The molecule has 20 heavy (non-hydrogen) atoms. The number of aromatic nitrogens is 3. The molecule has 3 rings (SSSR count). The maximum Gasteiger partial charge on any atom is 0.271 e. The molecule has 102 valence electrons. The van der Waals surface area contributed by atoms with Crippen molar-refractivity contribution in [3.63, 3.8) is 0 Å². The van der Waals surface area contributed by atoms with E-state index in [0.717, 1.165) is 23.2 Å². The number of carbonyl (C=O) groups is 1. The SMILES string of the molecule is CNC(=O)c1cnnn1-c1ccc2c(c1)C(N)=NCC2. The zero-order valence-electron chi connectivity index (χ0n) is 11.0. The molecular formula is C13H14N6O. The molecule has 0 bridgehead atoms. The van der Waals surface area contributed by atoms with Crippen LogP contribution in [0.5, 0.6) is 0 Å². The first kappa shape index (κ1) is 12.3. The van der Waals surface area contributed by atoms with Crippen LogP contribution < -0.4 is 11.1 Å². The monoisotopic (exact) mass is 270 g/mol. The van der Waals surface area contributed by atoms with Gasteiger partial charge in [-0.15, -0.1) is 5.10 Å². The van der Waals surface area contributed by atoms with Gasteiger partial charge in [0.05, 0.1) is 11.9 Å². The number of hydrogen-bond acceptors (Lipinski definition) is 5. The van der Waals surface area contributed by atoms with E-state index in [4.69, 9.17) is 5.73 Å². The van der Waals surface area contributed by atoms with Crippen LogP contribution in [-0.2, 0) is 6.42 Å². The maximum absolute atomic E-state index is 11.8. The maximum atomic E-state index is 11.8. The van der Waals surface area contributed by atoms with Crippen molar-refractivity contribution in [2.75, 3.05) is 13.6 Å². The van der Waals surface area contributed by atoms with E-state index >= 15 is 0 Å². The third-order valence-corrected chi connectivity index (χ3v) is 3.29. The highest BCUT2D eigenvalue weighted by Crippen LogP contribution is 2.19. The Balaban J connectivity index is 2.09. The molecule has 0 saturated carbocycles. The first-order chi connectivity index (χ1) is 9.70. The van der Waals surface area contributed by atoms with Crippen molar-refractivity contribution >= 4 is 11.7 Å². The average molecular weight is 270 g/mol. The summed E-state index contributed by atoms with van der Waals surface area (Å²) in [6, 6.07) is 5.77. The Morgan fingerprint density at radius 1 is 1.45 bits per heavy atom. The van der Waals surface area contributed by atoms with Gasteiger partial charge >= 0.3 is 0 Å². The summed E-state index contributed by atoms with van der Waals surface area (Å²) in [5.74, 6) is 0.282. The summed E-state index contributed by atoms with van der Waals surface area (Å²) in [6.07, 6.45) is 2.30. The van der Waals surface area contributed by atoms with Crippen LogP contribution in [0.2, 0.25) is 0 Å². The summed E-state index contributed by atoms with van der Waals surface area (Å²) in [5.41, 5.74) is 9.08. The van der Waals surface area contributed by atoms with Gasteiger partial charge in [-0.25, -0.2) is 4.68 Å². The van der Waals surface area contributed by atoms with Crippen LogP contribution in [-0.4, -0.2) is 40.3 Å². The zero-order valence-corrected chi connectivity index (χ0v) is 11.0. The first-order valence-corrected chi connectivity index (χ1v) is 6.27. The van der Waals surface area contributed by atoms with E-state index in [1.807, 2.05) is 18.2 Å². The number of nitrogens with one attached hydrogen (secondary N) is 1. The number of nitrogens with zero attached hydrogens (tertiary/aromatic N) is 4. The van der Waals surface area contributed by atoms with Crippen LogP contribution in [0.1, 0.15) is 21.6 Å². The minimum atomic E-state index is -0.241. The molecule has 1 aromatic heterocycles. The van der Waals surface area contributed by atoms with Crippen LogP contribution in [0.15, 0.2) is 29.4 Å². The molecule has 2 aromatic rings. The van der Waals surface area contributed by atoms with Crippen molar-refractivity contribution in [1.29, 1.82) is 0 Å². The standard InChI is InChI=1S/C13H14N6O/c1-15-13(20)11-7-17-18-19(11)9-3-2-8-4-5-16-12(14)10(8)6-9/h2-3,6-7H,4-5H2,1H3,(H2,14,16)(H,15,20). The third kappa shape index (κ3) is 1.93. The lowest BCUT2D eigenvalue weighted by Crippen LogP contribution is -2.23. The second-order valence-corrected chi connectivity index (χ2v) is 4.47. The summed E-state index contributed by atoms with van der Waals surface area (Å²) in [4.78, 5) is 16.0. The molecule has 0 radical (unpaired) electrons. The lowest BCUT2D eigenvalue weighted by molar-refractivity contribution is 0.0955. The molecular weight excluding hydrogens is 256 g/mol. The number of carbonyl (C=O) groups excluding carboxylic acids is 1. The van der Waals surface area contributed by atoms with Gasteiger partial charge in [0, 0.05) is 19.2 Å². The molecule has 7 heteroatoms. The minimum Gasteiger partial charge on any atom is -0.383 e. The fraction of sp³-hybridized carbons (Fsp3) is 0.231. The Morgan fingerprint density at radius 3 is 3.10 bits per heavy atom. The fourth-order valence-electron chi connectivity index (χ4n) is 2.24. The van der Waals surface area contributed by atoms with Crippen molar-refractivity contribution in [1.82, 2.24) is 20.3 Å². The number of amides is 1. The lowest BCUT2D eigenvalue weighted by Gasteiger charge is -2.15. The largest absolute Gasteiger partial charge is 0.383 e. The van der Waals surface area contributed by atoms with Gasteiger partial charge in [0.15, 0.2) is 5.69 Å². The molecule has 2 heterocycles. The molecule has 1 aliphatic heterocycles. The molecule has 0 aliphatic carbocycles. The van der Waals surface area contributed by atoms with Crippen molar-refractivity contribution in [2.45, 2.75) is 6.42 Å². The number of rotatable bonds is 2. The molecule has 1 aromatic carbocycles. The fourth-order valence-corrected chi connectivity index (χ4v) is 2.24. The number of nitrogens with two attached hydrogens (primary N) is 1. The molecule has 7 nitrogen and oxygen atoms in total. The predicted molar refractivity (Wildman–Crippen MR) is 74.0 cm³/mol.